The summed E-state index contributed by atoms with van der Waals surface area (Å²) in [5, 5.41) is 0.519. The fourth-order valence-electron chi connectivity index (χ4n) is 1.29. The first-order chi connectivity index (χ1) is 9.83. The van der Waals surface area contributed by atoms with Crippen molar-refractivity contribution in [3.05, 3.63) is 27.2 Å². The van der Waals surface area contributed by atoms with Crippen molar-refractivity contribution in [2.45, 2.75) is 25.9 Å². The van der Waals surface area contributed by atoms with Crippen molar-refractivity contribution in [1.29, 1.82) is 0 Å². The SMILES string of the molecule is C#CC(C)OC(=O)CCC(=O)Oc1c(Cl)cc(Cl)cc1Cl. The van der Waals surface area contributed by atoms with Gasteiger partial charge in [-0.05, 0) is 19.1 Å². The molecule has 0 aliphatic heterocycles. The lowest BCUT2D eigenvalue weighted by atomic mass is 10.3. The number of carbonyl (C=O) groups excluding carboxylic acids is 2. The number of carbonyl (C=O) groups is 2. The van der Waals surface area contributed by atoms with Crippen LogP contribution in [0.25, 0.3) is 0 Å². The molecule has 0 aromatic heterocycles. The Morgan fingerprint density at radius 2 is 1.71 bits per heavy atom. The Hall–Kier alpha value is -1.41. The van der Waals surface area contributed by atoms with Gasteiger partial charge in [0.25, 0.3) is 0 Å². The lowest BCUT2D eigenvalue weighted by Gasteiger charge is -2.09. The summed E-state index contributed by atoms with van der Waals surface area (Å²) in [5.41, 5.74) is 0. The van der Waals surface area contributed by atoms with E-state index in [4.69, 9.17) is 50.7 Å². The van der Waals surface area contributed by atoms with E-state index in [0.29, 0.717) is 5.02 Å². The fourth-order valence-corrected chi connectivity index (χ4v) is 2.18. The Kier molecular flexibility index (Phi) is 6.83. The molecule has 4 nitrogen and oxygen atoms in total. The Labute approximate surface area is 137 Å². The molecule has 1 atom stereocenters. The average molecular weight is 350 g/mol. The molecule has 1 aromatic rings. The third-order valence-electron chi connectivity index (χ3n) is 2.26. The highest BCUT2D eigenvalue weighted by molar-refractivity contribution is 6.40. The number of benzene rings is 1. The summed E-state index contributed by atoms with van der Waals surface area (Å²) in [6.45, 7) is 1.55. The zero-order valence-electron chi connectivity index (χ0n) is 11.0. The molecular weight excluding hydrogens is 339 g/mol. The molecule has 0 amide bonds. The number of rotatable bonds is 5. The smallest absolute Gasteiger partial charge is 0.311 e. The number of halogens is 3. The topological polar surface area (TPSA) is 52.6 Å². The summed E-state index contributed by atoms with van der Waals surface area (Å²) in [5.74, 6) is 0.969. The van der Waals surface area contributed by atoms with Gasteiger partial charge in [-0.2, -0.15) is 0 Å². The fraction of sp³-hybridized carbons (Fsp3) is 0.286. The predicted octanol–water partition coefficient (Wildman–Crippen LogP) is 3.90. The molecule has 112 valence electrons. The van der Waals surface area contributed by atoms with Crippen molar-refractivity contribution in [3.63, 3.8) is 0 Å². The van der Waals surface area contributed by atoms with Gasteiger partial charge in [-0.15, -0.1) is 6.42 Å². The molecule has 21 heavy (non-hydrogen) atoms. The molecule has 0 saturated heterocycles. The minimum Gasteiger partial charge on any atom is -0.449 e. The van der Waals surface area contributed by atoms with Crippen LogP contribution in [-0.2, 0) is 14.3 Å². The Morgan fingerprint density at radius 3 is 2.24 bits per heavy atom. The van der Waals surface area contributed by atoms with Gasteiger partial charge in [0.1, 0.15) is 0 Å². The van der Waals surface area contributed by atoms with Crippen LogP contribution in [0.2, 0.25) is 15.1 Å². The lowest BCUT2D eigenvalue weighted by Crippen LogP contribution is -2.16. The summed E-state index contributed by atoms with van der Waals surface area (Å²) in [4.78, 5) is 23.0. The van der Waals surface area contributed by atoms with Crippen molar-refractivity contribution in [2.24, 2.45) is 0 Å². The van der Waals surface area contributed by atoms with E-state index in [0.717, 1.165) is 0 Å². The maximum absolute atomic E-state index is 11.6. The number of hydrogen-bond acceptors (Lipinski definition) is 4. The van der Waals surface area contributed by atoms with Gasteiger partial charge in [0.15, 0.2) is 11.9 Å². The van der Waals surface area contributed by atoms with Crippen LogP contribution in [-0.4, -0.2) is 18.0 Å². The van der Waals surface area contributed by atoms with Gasteiger partial charge in [0.2, 0.25) is 0 Å². The zero-order valence-corrected chi connectivity index (χ0v) is 13.3. The second kappa shape index (κ2) is 8.14. The van der Waals surface area contributed by atoms with Crippen molar-refractivity contribution in [3.8, 4) is 18.1 Å². The molecular formula is C14H11Cl3O4. The molecule has 1 aromatic carbocycles. The maximum Gasteiger partial charge on any atom is 0.311 e. The second-order valence-corrected chi connectivity index (χ2v) is 5.22. The molecule has 0 saturated carbocycles. The summed E-state index contributed by atoms with van der Waals surface area (Å²) in [6, 6.07) is 2.78. The van der Waals surface area contributed by atoms with Gasteiger partial charge in [-0.3, -0.25) is 9.59 Å². The van der Waals surface area contributed by atoms with Crippen LogP contribution in [0.1, 0.15) is 19.8 Å². The molecule has 0 aliphatic rings. The maximum atomic E-state index is 11.6. The zero-order chi connectivity index (χ0) is 16.0. The van der Waals surface area contributed by atoms with Crippen LogP contribution in [0.5, 0.6) is 5.75 Å². The average Bonchev–Trinajstić information content (AvgIpc) is 2.40. The minimum absolute atomic E-state index is 0.00177. The van der Waals surface area contributed by atoms with Gasteiger partial charge >= 0.3 is 11.9 Å². The van der Waals surface area contributed by atoms with Crippen LogP contribution < -0.4 is 4.74 Å². The second-order valence-electron chi connectivity index (χ2n) is 3.97. The quantitative estimate of drug-likeness (QED) is 0.459. The molecule has 0 aliphatic carbocycles. The molecule has 0 heterocycles. The predicted molar refractivity (Wildman–Crippen MR) is 80.7 cm³/mol. The van der Waals surface area contributed by atoms with E-state index >= 15 is 0 Å². The summed E-state index contributed by atoms with van der Waals surface area (Å²) in [6.07, 6.45) is 4.07. The summed E-state index contributed by atoms with van der Waals surface area (Å²) >= 11 is 17.5. The van der Waals surface area contributed by atoms with Crippen molar-refractivity contribution < 1.29 is 19.1 Å². The van der Waals surface area contributed by atoms with Gasteiger partial charge < -0.3 is 9.47 Å². The van der Waals surface area contributed by atoms with Crippen molar-refractivity contribution in [2.75, 3.05) is 0 Å². The van der Waals surface area contributed by atoms with Gasteiger partial charge in [-0.25, -0.2) is 0 Å². The van der Waals surface area contributed by atoms with E-state index in [-0.39, 0.29) is 28.6 Å². The highest BCUT2D eigenvalue weighted by Crippen LogP contribution is 2.36. The van der Waals surface area contributed by atoms with Crippen LogP contribution in [0.4, 0.5) is 0 Å². The Bertz CT molecular complexity index is 569. The molecule has 7 heteroatoms. The third-order valence-corrected chi connectivity index (χ3v) is 3.03. The van der Waals surface area contributed by atoms with E-state index in [2.05, 4.69) is 5.92 Å². The van der Waals surface area contributed by atoms with E-state index in [1.165, 1.54) is 12.1 Å². The van der Waals surface area contributed by atoms with Crippen LogP contribution in [0.15, 0.2) is 12.1 Å². The lowest BCUT2D eigenvalue weighted by molar-refractivity contribution is -0.148. The number of ether oxygens (including phenoxy) is 2. The van der Waals surface area contributed by atoms with Gasteiger partial charge in [0.05, 0.1) is 22.9 Å². The van der Waals surface area contributed by atoms with E-state index in [9.17, 15) is 9.59 Å². The Balaban J connectivity index is 2.56. The van der Waals surface area contributed by atoms with Crippen LogP contribution >= 0.6 is 34.8 Å². The normalized spacial score (nSPS) is 11.4. The number of esters is 2. The molecule has 0 spiro atoms. The molecule has 0 bridgehead atoms. The largest absolute Gasteiger partial charge is 0.449 e. The monoisotopic (exact) mass is 348 g/mol. The first-order valence-corrected chi connectivity index (χ1v) is 6.97. The number of hydrogen-bond donors (Lipinski definition) is 0. The van der Waals surface area contributed by atoms with Crippen LogP contribution in [0, 0.1) is 12.3 Å². The van der Waals surface area contributed by atoms with Gasteiger partial charge in [-0.1, -0.05) is 40.7 Å². The molecule has 0 radical (unpaired) electrons. The van der Waals surface area contributed by atoms with Crippen molar-refractivity contribution >= 4 is 46.7 Å². The van der Waals surface area contributed by atoms with Gasteiger partial charge in [0, 0.05) is 5.02 Å². The van der Waals surface area contributed by atoms with Crippen molar-refractivity contribution in [1.82, 2.24) is 0 Å². The summed E-state index contributed by atoms with van der Waals surface area (Å²) in [7, 11) is 0. The van der Waals surface area contributed by atoms with Crippen LogP contribution in [0.3, 0.4) is 0 Å². The van der Waals surface area contributed by atoms with E-state index in [1.54, 1.807) is 6.92 Å². The molecule has 1 unspecified atom stereocenters. The van der Waals surface area contributed by atoms with E-state index in [1.807, 2.05) is 0 Å². The summed E-state index contributed by atoms with van der Waals surface area (Å²) < 4.78 is 9.81. The minimum atomic E-state index is -0.675. The van der Waals surface area contributed by atoms with E-state index < -0.39 is 18.0 Å². The first-order valence-electron chi connectivity index (χ1n) is 5.84. The highest BCUT2D eigenvalue weighted by Gasteiger charge is 2.16. The standard InChI is InChI=1S/C14H11Cl3O4/c1-3-8(2)20-12(18)4-5-13(19)21-14-10(16)6-9(15)7-11(14)17/h1,6-8H,4-5H2,2H3. The first kappa shape index (κ1) is 17.6. The third kappa shape index (κ3) is 5.84. The molecule has 1 rings (SSSR count). The highest BCUT2D eigenvalue weighted by atomic mass is 35.5. The molecule has 0 N–H and O–H groups in total. The Morgan fingerprint density at radius 1 is 1.19 bits per heavy atom. The molecule has 0 fully saturated rings. The number of terminal acetylenes is 1.